The number of hydrogen-bond acceptors (Lipinski definition) is 8. The van der Waals surface area contributed by atoms with Gasteiger partial charge in [-0.3, -0.25) is 10.1 Å². The molecule has 2 heterocycles. The van der Waals surface area contributed by atoms with Crippen molar-refractivity contribution in [1.82, 2.24) is 9.97 Å². The van der Waals surface area contributed by atoms with Gasteiger partial charge in [0.05, 0.1) is 4.92 Å². The third-order valence-corrected chi connectivity index (χ3v) is 3.96. The van der Waals surface area contributed by atoms with Crippen LogP contribution in [0.1, 0.15) is 0 Å². The molecule has 9 nitrogen and oxygen atoms in total. The van der Waals surface area contributed by atoms with Gasteiger partial charge in [-0.05, 0) is 30.3 Å². The Hall–Kier alpha value is -3.59. The van der Waals surface area contributed by atoms with E-state index >= 15 is 0 Å². The highest BCUT2D eigenvalue weighted by atomic mass is 35.5. The molecule has 0 fully saturated rings. The standard InChI is InChI=1S/C17H12ClN5O4/c18-10-2-1-3-11(6-10)21-16-15(23(24)25)17(20-8-19-16)22-12-4-5-13-14(7-12)27-9-26-13/h1-8H,9H2,(H2,19,20,21,22). The van der Waals surface area contributed by atoms with Crippen LogP contribution in [0.5, 0.6) is 11.5 Å². The van der Waals surface area contributed by atoms with Gasteiger partial charge in [-0.15, -0.1) is 0 Å². The summed E-state index contributed by atoms with van der Waals surface area (Å²) in [5.74, 6) is 1.24. The van der Waals surface area contributed by atoms with Gasteiger partial charge in [-0.1, -0.05) is 17.7 Å². The van der Waals surface area contributed by atoms with E-state index in [1.807, 2.05) is 0 Å². The number of hydrogen-bond donors (Lipinski definition) is 2. The second-order valence-electron chi connectivity index (χ2n) is 5.50. The Labute approximate surface area is 158 Å². The van der Waals surface area contributed by atoms with E-state index in [1.165, 1.54) is 6.33 Å². The second-order valence-corrected chi connectivity index (χ2v) is 5.94. The number of ether oxygens (including phenoxy) is 2. The molecule has 4 rings (SSSR count). The number of anilines is 4. The number of nitrogens with zero attached hydrogens (tertiary/aromatic N) is 3. The first kappa shape index (κ1) is 16.9. The fraction of sp³-hybridized carbons (Fsp3) is 0.0588. The SMILES string of the molecule is O=[N+]([O-])c1c(Nc2cccc(Cl)c2)ncnc1Nc1ccc2c(c1)OCO2. The third-order valence-electron chi connectivity index (χ3n) is 3.73. The molecule has 0 atom stereocenters. The van der Waals surface area contributed by atoms with Crippen LogP contribution in [0.2, 0.25) is 5.02 Å². The van der Waals surface area contributed by atoms with Crippen molar-refractivity contribution in [3.05, 3.63) is 63.9 Å². The molecule has 27 heavy (non-hydrogen) atoms. The average molecular weight is 386 g/mol. The Balaban J connectivity index is 1.67. The third kappa shape index (κ3) is 3.53. The minimum absolute atomic E-state index is 0.0402. The van der Waals surface area contributed by atoms with Gasteiger partial charge in [0.2, 0.25) is 18.4 Å². The summed E-state index contributed by atoms with van der Waals surface area (Å²) in [4.78, 5) is 19.1. The zero-order chi connectivity index (χ0) is 18.8. The maximum Gasteiger partial charge on any atom is 0.353 e. The van der Waals surface area contributed by atoms with Crippen LogP contribution in [0.3, 0.4) is 0 Å². The number of benzene rings is 2. The highest BCUT2D eigenvalue weighted by Crippen LogP contribution is 2.37. The second kappa shape index (κ2) is 6.96. The highest BCUT2D eigenvalue weighted by Gasteiger charge is 2.24. The molecule has 0 bridgehead atoms. The van der Waals surface area contributed by atoms with Gasteiger partial charge in [0, 0.05) is 22.5 Å². The molecule has 0 unspecified atom stereocenters. The first-order valence-corrected chi connectivity index (χ1v) is 8.16. The van der Waals surface area contributed by atoms with Crippen molar-refractivity contribution in [1.29, 1.82) is 0 Å². The Morgan fingerprint density at radius 1 is 1.00 bits per heavy atom. The summed E-state index contributed by atoms with van der Waals surface area (Å²) in [6, 6.07) is 11.9. The van der Waals surface area contributed by atoms with E-state index in [1.54, 1.807) is 42.5 Å². The molecule has 0 saturated carbocycles. The van der Waals surface area contributed by atoms with Crippen LogP contribution in [0.25, 0.3) is 0 Å². The van der Waals surface area contributed by atoms with Crippen molar-refractivity contribution in [2.45, 2.75) is 0 Å². The van der Waals surface area contributed by atoms with Crippen LogP contribution in [0.15, 0.2) is 48.8 Å². The number of nitrogens with one attached hydrogen (secondary N) is 2. The summed E-state index contributed by atoms with van der Waals surface area (Å²) in [6.07, 6.45) is 1.23. The first-order chi connectivity index (χ1) is 13.1. The molecular weight excluding hydrogens is 374 g/mol. The summed E-state index contributed by atoms with van der Waals surface area (Å²) in [5.41, 5.74) is 0.836. The van der Waals surface area contributed by atoms with E-state index in [4.69, 9.17) is 21.1 Å². The molecule has 1 aromatic heterocycles. The number of nitro groups is 1. The van der Waals surface area contributed by atoms with E-state index in [0.717, 1.165) is 0 Å². The smallest absolute Gasteiger partial charge is 0.353 e. The van der Waals surface area contributed by atoms with Crippen LogP contribution in [-0.4, -0.2) is 21.7 Å². The quantitative estimate of drug-likeness (QED) is 0.495. The lowest BCUT2D eigenvalue weighted by atomic mass is 10.2. The molecule has 2 N–H and O–H groups in total. The highest BCUT2D eigenvalue weighted by molar-refractivity contribution is 6.30. The monoisotopic (exact) mass is 385 g/mol. The molecule has 0 amide bonds. The van der Waals surface area contributed by atoms with Crippen molar-refractivity contribution < 1.29 is 14.4 Å². The van der Waals surface area contributed by atoms with Crippen LogP contribution < -0.4 is 20.1 Å². The summed E-state index contributed by atoms with van der Waals surface area (Å²) < 4.78 is 10.6. The topological polar surface area (TPSA) is 111 Å². The largest absolute Gasteiger partial charge is 0.454 e. The maximum atomic E-state index is 11.7. The molecule has 0 radical (unpaired) electrons. The van der Waals surface area contributed by atoms with Gasteiger partial charge < -0.3 is 20.1 Å². The lowest BCUT2D eigenvalue weighted by molar-refractivity contribution is -0.383. The Morgan fingerprint density at radius 2 is 1.70 bits per heavy atom. The van der Waals surface area contributed by atoms with Gasteiger partial charge in [-0.25, -0.2) is 9.97 Å². The average Bonchev–Trinajstić information content (AvgIpc) is 3.09. The van der Waals surface area contributed by atoms with Crippen LogP contribution >= 0.6 is 11.6 Å². The van der Waals surface area contributed by atoms with Gasteiger partial charge in [0.15, 0.2) is 11.5 Å². The Morgan fingerprint density at radius 3 is 2.41 bits per heavy atom. The summed E-state index contributed by atoms with van der Waals surface area (Å²) in [5, 5.41) is 18.0. The van der Waals surface area contributed by atoms with Gasteiger partial charge >= 0.3 is 5.69 Å². The molecule has 3 aromatic rings. The Bertz CT molecular complexity index is 1030. The van der Waals surface area contributed by atoms with E-state index in [-0.39, 0.29) is 24.1 Å². The first-order valence-electron chi connectivity index (χ1n) is 7.79. The summed E-state index contributed by atoms with van der Waals surface area (Å²) in [6.45, 7) is 0.139. The van der Waals surface area contributed by atoms with Gasteiger partial charge in [-0.2, -0.15) is 0 Å². The van der Waals surface area contributed by atoms with Gasteiger partial charge in [0.1, 0.15) is 6.33 Å². The zero-order valence-electron chi connectivity index (χ0n) is 13.7. The van der Waals surface area contributed by atoms with Crippen molar-refractivity contribution in [3.63, 3.8) is 0 Å². The minimum Gasteiger partial charge on any atom is -0.454 e. The fourth-order valence-electron chi connectivity index (χ4n) is 2.55. The molecular formula is C17H12ClN5O4. The molecule has 136 valence electrons. The van der Waals surface area contributed by atoms with E-state index in [9.17, 15) is 10.1 Å². The normalized spacial score (nSPS) is 11.9. The van der Waals surface area contributed by atoms with E-state index in [0.29, 0.717) is 27.9 Å². The number of halogens is 1. The molecule has 0 spiro atoms. The predicted octanol–water partition coefficient (Wildman–Crippen LogP) is 4.25. The van der Waals surface area contributed by atoms with E-state index < -0.39 is 4.92 Å². The van der Waals surface area contributed by atoms with Crippen molar-refractivity contribution in [2.75, 3.05) is 17.4 Å². The zero-order valence-corrected chi connectivity index (χ0v) is 14.4. The lowest BCUT2D eigenvalue weighted by Crippen LogP contribution is -2.05. The molecule has 1 aliphatic heterocycles. The van der Waals surface area contributed by atoms with Crippen molar-refractivity contribution >= 4 is 40.3 Å². The van der Waals surface area contributed by atoms with Crippen LogP contribution in [-0.2, 0) is 0 Å². The number of aromatic nitrogens is 2. The van der Waals surface area contributed by atoms with Crippen LogP contribution in [0, 0.1) is 10.1 Å². The summed E-state index contributed by atoms with van der Waals surface area (Å²) >= 11 is 5.96. The van der Waals surface area contributed by atoms with Crippen molar-refractivity contribution in [3.8, 4) is 11.5 Å². The Kier molecular flexibility index (Phi) is 4.35. The van der Waals surface area contributed by atoms with Crippen molar-refractivity contribution in [2.24, 2.45) is 0 Å². The lowest BCUT2D eigenvalue weighted by Gasteiger charge is -2.10. The van der Waals surface area contributed by atoms with E-state index in [2.05, 4.69) is 20.6 Å². The molecule has 0 saturated heterocycles. The maximum absolute atomic E-state index is 11.7. The fourth-order valence-corrected chi connectivity index (χ4v) is 2.74. The molecule has 1 aliphatic rings. The molecule has 2 aromatic carbocycles. The molecule has 0 aliphatic carbocycles. The number of rotatable bonds is 5. The number of fused-ring (bicyclic) bond motifs is 1. The summed E-state index contributed by atoms with van der Waals surface area (Å²) in [7, 11) is 0. The predicted molar refractivity (Wildman–Crippen MR) is 99.3 cm³/mol. The van der Waals surface area contributed by atoms with Crippen LogP contribution in [0.4, 0.5) is 28.7 Å². The molecule has 10 heteroatoms. The minimum atomic E-state index is -0.553. The van der Waals surface area contributed by atoms with Gasteiger partial charge in [0.25, 0.3) is 0 Å².